The van der Waals surface area contributed by atoms with Crippen molar-refractivity contribution < 1.29 is 9.53 Å². The SMILES string of the molecule is O=C(NC[C@H]1Cc2cc(Cl)cc(-c3ccncc3)c2O1)c1ccccc1. The van der Waals surface area contributed by atoms with Crippen molar-refractivity contribution in [2.75, 3.05) is 6.54 Å². The molecule has 0 radical (unpaired) electrons. The minimum Gasteiger partial charge on any atom is -0.487 e. The number of benzene rings is 2. The van der Waals surface area contributed by atoms with Crippen LogP contribution in [-0.4, -0.2) is 23.5 Å². The first kappa shape index (κ1) is 16.6. The molecule has 0 spiro atoms. The quantitative estimate of drug-likeness (QED) is 0.757. The normalized spacial score (nSPS) is 15.2. The summed E-state index contributed by atoms with van der Waals surface area (Å²) >= 11 is 6.29. The van der Waals surface area contributed by atoms with E-state index < -0.39 is 0 Å². The predicted molar refractivity (Wildman–Crippen MR) is 102 cm³/mol. The number of ether oxygens (including phenoxy) is 1. The highest BCUT2D eigenvalue weighted by atomic mass is 35.5. The van der Waals surface area contributed by atoms with Crippen molar-refractivity contribution in [3.63, 3.8) is 0 Å². The molecule has 0 saturated carbocycles. The fraction of sp³-hybridized carbons (Fsp3) is 0.143. The van der Waals surface area contributed by atoms with Crippen LogP contribution in [0.25, 0.3) is 11.1 Å². The maximum absolute atomic E-state index is 12.2. The van der Waals surface area contributed by atoms with Crippen LogP contribution in [0.15, 0.2) is 67.0 Å². The van der Waals surface area contributed by atoms with Gasteiger partial charge in [0.25, 0.3) is 5.91 Å². The number of carbonyl (C=O) groups excluding carboxylic acids is 1. The van der Waals surface area contributed by atoms with Gasteiger partial charge in [-0.15, -0.1) is 0 Å². The number of carbonyl (C=O) groups is 1. The Morgan fingerprint density at radius 2 is 1.92 bits per heavy atom. The lowest BCUT2D eigenvalue weighted by molar-refractivity contribution is 0.0933. The highest BCUT2D eigenvalue weighted by Crippen LogP contribution is 2.40. The summed E-state index contributed by atoms with van der Waals surface area (Å²) in [6.45, 7) is 0.440. The van der Waals surface area contributed by atoms with E-state index in [0.717, 1.165) is 22.4 Å². The highest BCUT2D eigenvalue weighted by Gasteiger charge is 2.27. The smallest absolute Gasteiger partial charge is 0.251 e. The number of hydrogen-bond acceptors (Lipinski definition) is 3. The molecule has 3 aromatic rings. The maximum Gasteiger partial charge on any atom is 0.251 e. The molecule has 1 aliphatic rings. The van der Waals surface area contributed by atoms with E-state index >= 15 is 0 Å². The van der Waals surface area contributed by atoms with Crippen LogP contribution in [0.4, 0.5) is 0 Å². The first-order valence-corrected chi connectivity index (χ1v) is 8.81. The zero-order valence-electron chi connectivity index (χ0n) is 14.0. The second kappa shape index (κ2) is 7.18. The molecule has 1 aliphatic heterocycles. The van der Waals surface area contributed by atoms with E-state index in [1.165, 1.54) is 0 Å². The van der Waals surface area contributed by atoms with Gasteiger partial charge in [0, 0.05) is 40.5 Å². The Labute approximate surface area is 156 Å². The molecule has 1 atom stereocenters. The number of rotatable bonds is 4. The summed E-state index contributed by atoms with van der Waals surface area (Å²) in [5, 5.41) is 3.62. The fourth-order valence-corrected chi connectivity index (χ4v) is 3.39. The fourth-order valence-electron chi connectivity index (χ4n) is 3.15. The first-order valence-electron chi connectivity index (χ1n) is 8.43. The van der Waals surface area contributed by atoms with E-state index in [4.69, 9.17) is 16.3 Å². The number of pyridine rings is 1. The Balaban J connectivity index is 1.50. The molecule has 0 fully saturated rings. The van der Waals surface area contributed by atoms with E-state index in [2.05, 4.69) is 10.3 Å². The molecule has 5 heteroatoms. The molecule has 1 amide bonds. The van der Waals surface area contributed by atoms with E-state index in [1.807, 2.05) is 42.5 Å². The summed E-state index contributed by atoms with van der Waals surface area (Å²) in [7, 11) is 0. The Morgan fingerprint density at radius 3 is 2.69 bits per heavy atom. The number of nitrogens with one attached hydrogen (secondary N) is 1. The summed E-state index contributed by atoms with van der Waals surface area (Å²) in [4.78, 5) is 16.3. The molecule has 130 valence electrons. The predicted octanol–water partition coefficient (Wildman–Crippen LogP) is 4.14. The summed E-state index contributed by atoms with van der Waals surface area (Å²) in [6, 6.07) is 16.9. The summed E-state index contributed by atoms with van der Waals surface area (Å²) in [5.74, 6) is 0.733. The zero-order chi connectivity index (χ0) is 17.9. The number of halogens is 1. The maximum atomic E-state index is 12.2. The van der Waals surface area contributed by atoms with Gasteiger partial charge in [-0.1, -0.05) is 29.8 Å². The highest BCUT2D eigenvalue weighted by molar-refractivity contribution is 6.31. The first-order chi connectivity index (χ1) is 12.7. The van der Waals surface area contributed by atoms with Crippen molar-refractivity contribution in [2.24, 2.45) is 0 Å². The molecule has 4 nitrogen and oxygen atoms in total. The van der Waals surface area contributed by atoms with Gasteiger partial charge in [0.05, 0.1) is 6.54 Å². The lowest BCUT2D eigenvalue weighted by Crippen LogP contribution is -2.34. The van der Waals surface area contributed by atoms with Crippen molar-refractivity contribution >= 4 is 17.5 Å². The van der Waals surface area contributed by atoms with Crippen molar-refractivity contribution in [2.45, 2.75) is 12.5 Å². The van der Waals surface area contributed by atoms with E-state index in [-0.39, 0.29) is 12.0 Å². The number of aromatic nitrogens is 1. The average Bonchev–Trinajstić information content (AvgIpc) is 3.09. The lowest BCUT2D eigenvalue weighted by atomic mass is 10.0. The van der Waals surface area contributed by atoms with Gasteiger partial charge in [-0.05, 0) is 42.0 Å². The molecule has 4 rings (SSSR count). The average molecular weight is 365 g/mol. The molecule has 0 unspecified atom stereocenters. The molecule has 0 saturated heterocycles. The van der Waals surface area contributed by atoms with Gasteiger partial charge in [0.2, 0.25) is 0 Å². The molecule has 26 heavy (non-hydrogen) atoms. The van der Waals surface area contributed by atoms with Crippen molar-refractivity contribution in [3.05, 3.63) is 83.1 Å². The van der Waals surface area contributed by atoms with Gasteiger partial charge in [-0.2, -0.15) is 0 Å². The summed E-state index contributed by atoms with van der Waals surface area (Å²) in [5.41, 5.74) is 3.66. The Bertz CT molecular complexity index is 930. The van der Waals surface area contributed by atoms with Crippen LogP contribution in [0.1, 0.15) is 15.9 Å². The molecular formula is C21H17ClN2O2. The summed E-state index contributed by atoms with van der Waals surface area (Å²) in [6.07, 6.45) is 4.09. The van der Waals surface area contributed by atoms with Gasteiger partial charge in [0.1, 0.15) is 11.9 Å². The monoisotopic (exact) mass is 364 g/mol. The van der Waals surface area contributed by atoms with Crippen LogP contribution in [-0.2, 0) is 6.42 Å². The number of fused-ring (bicyclic) bond motifs is 1. The van der Waals surface area contributed by atoms with Crippen LogP contribution < -0.4 is 10.1 Å². The second-order valence-corrected chi connectivity index (χ2v) is 6.63. The molecule has 0 bridgehead atoms. The van der Waals surface area contributed by atoms with Crippen molar-refractivity contribution in [3.8, 4) is 16.9 Å². The minimum atomic E-state index is -0.114. The van der Waals surface area contributed by atoms with Crippen LogP contribution in [0.2, 0.25) is 5.02 Å². The third-order valence-electron chi connectivity index (χ3n) is 4.38. The third-order valence-corrected chi connectivity index (χ3v) is 4.60. The minimum absolute atomic E-state index is 0.0995. The number of amides is 1. The van der Waals surface area contributed by atoms with Gasteiger partial charge in [-0.25, -0.2) is 0 Å². The zero-order valence-corrected chi connectivity index (χ0v) is 14.7. The molecule has 0 aliphatic carbocycles. The van der Waals surface area contributed by atoms with Gasteiger partial charge in [0.15, 0.2) is 0 Å². The van der Waals surface area contributed by atoms with Crippen LogP contribution >= 0.6 is 11.6 Å². The van der Waals surface area contributed by atoms with Crippen LogP contribution in [0.3, 0.4) is 0 Å². The topological polar surface area (TPSA) is 51.2 Å². The lowest BCUT2D eigenvalue weighted by Gasteiger charge is -2.14. The number of nitrogens with zero attached hydrogens (tertiary/aromatic N) is 1. The molecular weight excluding hydrogens is 348 g/mol. The van der Waals surface area contributed by atoms with Gasteiger partial charge < -0.3 is 10.1 Å². The Kier molecular flexibility index (Phi) is 4.59. The molecule has 2 heterocycles. The standard InChI is InChI=1S/C21H17ClN2O2/c22-17-10-16-11-18(13-24-21(25)15-4-2-1-3-5-15)26-20(16)19(12-17)14-6-8-23-9-7-14/h1-10,12,18H,11,13H2,(H,24,25)/t18-/m1/s1. The van der Waals surface area contributed by atoms with Crippen molar-refractivity contribution in [1.82, 2.24) is 10.3 Å². The number of hydrogen-bond donors (Lipinski definition) is 1. The Hall–Kier alpha value is -2.85. The van der Waals surface area contributed by atoms with Gasteiger partial charge in [-0.3, -0.25) is 9.78 Å². The second-order valence-electron chi connectivity index (χ2n) is 6.20. The van der Waals surface area contributed by atoms with Crippen LogP contribution in [0, 0.1) is 0 Å². The van der Waals surface area contributed by atoms with E-state index in [1.54, 1.807) is 24.5 Å². The summed E-state index contributed by atoms with van der Waals surface area (Å²) < 4.78 is 6.14. The van der Waals surface area contributed by atoms with Crippen molar-refractivity contribution in [1.29, 1.82) is 0 Å². The molecule has 2 aromatic carbocycles. The Morgan fingerprint density at radius 1 is 1.15 bits per heavy atom. The van der Waals surface area contributed by atoms with Gasteiger partial charge >= 0.3 is 0 Å². The molecule has 1 N–H and O–H groups in total. The van der Waals surface area contributed by atoms with Crippen LogP contribution in [0.5, 0.6) is 5.75 Å². The van der Waals surface area contributed by atoms with E-state index in [9.17, 15) is 4.79 Å². The molecule has 1 aromatic heterocycles. The largest absolute Gasteiger partial charge is 0.487 e. The van der Waals surface area contributed by atoms with E-state index in [0.29, 0.717) is 23.6 Å². The third kappa shape index (κ3) is 3.41.